The molecule has 3 rings (SSSR count). The molecule has 5 nitrogen and oxygen atoms in total. The van der Waals surface area contributed by atoms with Gasteiger partial charge in [-0.2, -0.15) is 5.10 Å². The Hall–Kier alpha value is -2.58. The highest BCUT2D eigenvalue weighted by Crippen LogP contribution is 2.16. The molecule has 0 amide bonds. The Kier molecular flexibility index (Phi) is 3.46. The summed E-state index contributed by atoms with van der Waals surface area (Å²) in [6.45, 7) is 0.669. The predicted octanol–water partition coefficient (Wildman–Crippen LogP) is 1.93. The fourth-order valence-electron chi connectivity index (χ4n) is 2.08. The highest BCUT2D eigenvalue weighted by atomic mass is 35.5. The third-order valence-corrected chi connectivity index (χ3v) is 3.47. The molecule has 104 valence electrons. The van der Waals surface area contributed by atoms with Gasteiger partial charge in [0, 0.05) is 11.2 Å². The average Bonchev–Trinajstić information content (AvgIpc) is 2.88. The summed E-state index contributed by atoms with van der Waals surface area (Å²) < 4.78 is 3.03. The summed E-state index contributed by atoms with van der Waals surface area (Å²) in [5.41, 5.74) is 1.14. The van der Waals surface area contributed by atoms with Gasteiger partial charge in [-0.05, 0) is 11.6 Å². The largest absolute Gasteiger partial charge is 0.287 e. The second kappa shape index (κ2) is 5.43. The van der Waals surface area contributed by atoms with Crippen LogP contribution in [0.2, 0.25) is 5.02 Å². The maximum atomic E-state index is 12.2. The van der Waals surface area contributed by atoms with Crippen LogP contribution in [-0.4, -0.2) is 19.3 Å². The van der Waals surface area contributed by atoms with Crippen LogP contribution in [0.5, 0.6) is 0 Å². The van der Waals surface area contributed by atoms with Gasteiger partial charge in [-0.15, -0.1) is 6.42 Å². The first-order valence-corrected chi connectivity index (χ1v) is 6.66. The molecule has 0 saturated heterocycles. The van der Waals surface area contributed by atoms with Gasteiger partial charge >= 0.3 is 0 Å². The summed E-state index contributed by atoms with van der Waals surface area (Å²) in [4.78, 5) is 16.3. The third-order valence-electron chi connectivity index (χ3n) is 3.10. The van der Waals surface area contributed by atoms with E-state index in [0.29, 0.717) is 22.6 Å². The maximum Gasteiger partial charge on any atom is 0.265 e. The van der Waals surface area contributed by atoms with Crippen molar-refractivity contribution in [3.8, 4) is 12.3 Å². The SMILES string of the molecule is C#CCn1cnc2nn(Cc3ccccc3Cl)cc2c1=O. The van der Waals surface area contributed by atoms with E-state index in [2.05, 4.69) is 16.0 Å². The zero-order chi connectivity index (χ0) is 14.8. The van der Waals surface area contributed by atoms with Crippen LogP contribution in [0.3, 0.4) is 0 Å². The van der Waals surface area contributed by atoms with E-state index < -0.39 is 0 Å². The summed E-state index contributed by atoms with van der Waals surface area (Å²) in [6.07, 6.45) is 8.31. The molecule has 0 radical (unpaired) electrons. The number of terminal acetylenes is 1. The molecule has 0 saturated carbocycles. The third kappa shape index (κ3) is 2.54. The van der Waals surface area contributed by atoms with E-state index in [9.17, 15) is 4.79 Å². The topological polar surface area (TPSA) is 52.7 Å². The first-order valence-electron chi connectivity index (χ1n) is 6.28. The molecule has 3 aromatic rings. The van der Waals surface area contributed by atoms with Crippen molar-refractivity contribution < 1.29 is 0 Å². The van der Waals surface area contributed by atoms with Gasteiger partial charge in [-0.25, -0.2) is 4.98 Å². The van der Waals surface area contributed by atoms with E-state index in [4.69, 9.17) is 18.0 Å². The molecule has 0 aliphatic carbocycles. The lowest BCUT2D eigenvalue weighted by atomic mass is 10.2. The number of aromatic nitrogens is 4. The van der Waals surface area contributed by atoms with Gasteiger partial charge in [-0.1, -0.05) is 35.7 Å². The first kappa shape index (κ1) is 13.4. The van der Waals surface area contributed by atoms with E-state index in [1.165, 1.54) is 10.9 Å². The van der Waals surface area contributed by atoms with Crippen molar-refractivity contribution >= 4 is 22.6 Å². The van der Waals surface area contributed by atoms with Gasteiger partial charge in [0.05, 0.1) is 13.1 Å². The Morgan fingerprint density at radius 3 is 2.90 bits per heavy atom. The molecule has 0 unspecified atom stereocenters. The van der Waals surface area contributed by atoms with Crippen LogP contribution in [0.25, 0.3) is 11.0 Å². The monoisotopic (exact) mass is 298 g/mol. The molecule has 0 bridgehead atoms. The number of fused-ring (bicyclic) bond motifs is 1. The van der Waals surface area contributed by atoms with Crippen molar-refractivity contribution in [1.82, 2.24) is 19.3 Å². The first-order chi connectivity index (χ1) is 10.2. The van der Waals surface area contributed by atoms with Crippen LogP contribution in [-0.2, 0) is 13.1 Å². The Morgan fingerprint density at radius 2 is 2.14 bits per heavy atom. The molecule has 0 N–H and O–H groups in total. The second-order valence-corrected chi connectivity index (χ2v) is 4.94. The number of halogens is 1. The average molecular weight is 299 g/mol. The Labute approximate surface area is 125 Å². The van der Waals surface area contributed by atoms with Crippen molar-refractivity contribution in [3.63, 3.8) is 0 Å². The smallest absolute Gasteiger partial charge is 0.265 e. The number of rotatable bonds is 3. The lowest BCUT2D eigenvalue weighted by molar-refractivity contribution is 0.693. The Balaban J connectivity index is 2.02. The molecule has 0 atom stereocenters. The second-order valence-electron chi connectivity index (χ2n) is 4.54. The van der Waals surface area contributed by atoms with Gasteiger partial charge in [0.25, 0.3) is 5.56 Å². The summed E-state index contributed by atoms with van der Waals surface area (Å²) in [7, 11) is 0. The number of hydrogen-bond donors (Lipinski definition) is 0. The summed E-state index contributed by atoms with van der Waals surface area (Å²) in [6, 6.07) is 7.50. The summed E-state index contributed by atoms with van der Waals surface area (Å²) in [5.74, 6) is 2.42. The van der Waals surface area contributed by atoms with E-state index in [0.717, 1.165) is 5.56 Å². The van der Waals surface area contributed by atoms with Crippen molar-refractivity contribution in [2.45, 2.75) is 13.1 Å². The van der Waals surface area contributed by atoms with Gasteiger partial charge in [0.2, 0.25) is 0 Å². The summed E-state index contributed by atoms with van der Waals surface area (Å²) in [5, 5.41) is 5.40. The number of hydrogen-bond acceptors (Lipinski definition) is 3. The zero-order valence-corrected chi connectivity index (χ0v) is 11.8. The molecule has 0 spiro atoms. The Morgan fingerprint density at radius 1 is 1.33 bits per heavy atom. The van der Waals surface area contributed by atoms with Crippen LogP contribution in [0.1, 0.15) is 5.56 Å². The molecular formula is C15H11ClN4O. The lowest BCUT2D eigenvalue weighted by Crippen LogP contribution is -2.19. The van der Waals surface area contributed by atoms with Crippen molar-refractivity contribution in [3.05, 3.63) is 57.7 Å². The molecule has 1 aromatic carbocycles. The minimum Gasteiger partial charge on any atom is -0.287 e. The van der Waals surface area contributed by atoms with E-state index in [1.54, 1.807) is 10.9 Å². The highest BCUT2D eigenvalue weighted by molar-refractivity contribution is 6.31. The number of benzene rings is 1. The van der Waals surface area contributed by atoms with Crippen molar-refractivity contribution in [1.29, 1.82) is 0 Å². The molecule has 0 fully saturated rings. The highest BCUT2D eigenvalue weighted by Gasteiger charge is 2.09. The predicted molar refractivity (Wildman–Crippen MR) is 81.2 cm³/mol. The van der Waals surface area contributed by atoms with Crippen LogP contribution in [0.15, 0.2) is 41.6 Å². The molecule has 2 heterocycles. The van der Waals surface area contributed by atoms with Gasteiger partial charge in [0.1, 0.15) is 11.7 Å². The van der Waals surface area contributed by atoms with Gasteiger partial charge in [-0.3, -0.25) is 14.0 Å². The molecule has 0 aliphatic heterocycles. The van der Waals surface area contributed by atoms with Crippen LogP contribution < -0.4 is 5.56 Å². The van der Waals surface area contributed by atoms with Gasteiger partial charge in [0.15, 0.2) is 5.65 Å². The van der Waals surface area contributed by atoms with Crippen molar-refractivity contribution in [2.24, 2.45) is 0 Å². The van der Waals surface area contributed by atoms with Crippen LogP contribution >= 0.6 is 11.6 Å². The van der Waals surface area contributed by atoms with Crippen LogP contribution in [0.4, 0.5) is 0 Å². The fraction of sp³-hybridized carbons (Fsp3) is 0.133. The van der Waals surface area contributed by atoms with Crippen molar-refractivity contribution in [2.75, 3.05) is 0 Å². The maximum absolute atomic E-state index is 12.2. The standard InChI is InChI=1S/C15H11ClN4O/c1-2-7-19-10-17-14-12(15(19)21)9-20(18-14)8-11-5-3-4-6-13(11)16/h1,3-6,9-10H,7-8H2. The summed E-state index contributed by atoms with van der Waals surface area (Å²) >= 11 is 6.13. The molecule has 21 heavy (non-hydrogen) atoms. The zero-order valence-electron chi connectivity index (χ0n) is 11.0. The van der Waals surface area contributed by atoms with E-state index in [1.807, 2.05) is 24.3 Å². The molecule has 0 aliphatic rings. The van der Waals surface area contributed by atoms with E-state index in [-0.39, 0.29) is 12.1 Å². The number of nitrogens with zero attached hydrogens (tertiary/aromatic N) is 4. The quantitative estimate of drug-likeness (QED) is 0.694. The minimum absolute atomic E-state index is 0.191. The van der Waals surface area contributed by atoms with Crippen LogP contribution in [0, 0.1) is 12.3 Å². The fourth-order valence-corrected chi connectivity index (χ4v) is 2.28. The van der Waals surface area contributed by atoms with E-state index >= 15 is 0 Å². The lowest BCUT2D eigenvalue weighted by Gasteiger charge is -2.03. The van der Waals surface area contributed by atoms with Gasteiger partial charge < -0.3 is 0 Å². The molecular weight excluding hydrogens is 288 g/mol. The minimum atomic E-state index is -0.191. The Bertz CT molecular complexity index is 904. The molecule has 2 aromatic heterocycles. The normalized spacial score (nSPS) is 10.7. The molecule has 6 heteroatoms.